The lowest BCUT2D eigenvalue weighted by Crippen LogP contribution is -2.17. The van der Waals surface area contributed by atoms with Gasteiger partial charge >= 0.3 is 5.97 Å². The highest BCUT2D eigenvalue weighted by atomic mass is 16.5. The number of aliphatic imine (C=N–C) groups is 1. The Kier molecular flexibility index (Phi) is 11.8. The number of aryl methyl sites for hydroxylation is 2. The Bertz CT molecular complexity index is 1090. The number of H-pyrrole nitrogens is 2. The molecular formula is C31H45N3O3. The maximum atomic E-state index is 13.0. The van der Waals surface area contributed by atoms with E-state index in [0.717, 1.165) is 29.9 Å². The number of carbonyl (C=O) groups is 1. The summed E-state index contributed by atoms with van der Waals surface area (Å²) in [6.45, 7) is 8.88. The fourth-order valence-electron chi connectivity index (χ4n) is 4.60. The van der Waals surface area contributed by atoms with E-state index in [1.807, 2.05) is 32.1 Å². The standard InChI is InChI=1S/C31H45N3O3/c1-5-8-9-10-11-12-13-14-15-16-24-18-19-25(33-24)22-27-30(37-21-6-2)28(31(35)36-7-3)29(34-27)26-20-17-23(4)32-26/h17-20,22,32-33H,5-16,21H2,1-4H3. The molecule has 1 aliphatic rings. The third-order valence-corrected chi connectivity index (χ3v) is 6.56. The van der Waals surface area contributed by atoms with E-state index < -0.39 is 5.97 Å². The van der Waals surface area contributed by atoms with Gasteiger partial charge in [-0.1, -0.05) is 65.2 Å². The van der Waals surface area contributed by atoms with Gasteiger partial charge in [0.2, 0.25) is 0 Å². The molecule has 6 heteroatoms. The number of nitrogens with zero attached hydrogens (tertiary/aromatic N) is 1. The number of nitrogens with one attached hydrogen (secondary N) is 2. The van der Waals surface area contributed by atoms with Crippen LogP contribution >= 0.6 is 0 Å². The molecule has 2 N–H and O–H groups in total. The van der Waals surface area contributed by atoms with Crippen molar-refractivity contribution in [2.45, 2.75) is 98.3 Å². The number of unbranched alkanes of at least 4 members (excludes halogenated alkanes) is 8. The summed E-state index contributed by atoms with van der Waals surface area (Å²) >= 11 is 0. The normalized spacial score (nSPS) is 14.5. The molecule has 2 aromatic rings. The molecule has 202 valence electrons. The molecular weight excluding hydrogens is 462 g/mol. The number of carbonyl (C=O) groups excluding carboxylic acids is 1. The van der Waals surface area contributed by atoms with Crippen molar-refractivity contribution in [2.75, 3.05) is 13.2 Å². The summed E-state index contributed by atoms with van der Waals surface area (Å²) in [6, 6.07) is 8.13. The average Bonchev–Trinajstić information content (AvgIpc) is 3.61. The van der Waals surface area contributed by atoms with Crippen LogP contribution in [-0.2, 0) is 20.7 Å². The van der Waals surface area contributed by atoms with E-state index in [4.69, 9.17) is 14.5 Å². The summed E-state index contributed by atoms with van der Waals surface area (Å²) in [6.07, 6.45) is 15.8. The van der Waals surface area contributed by atoms with Gasteiger partial charge in [0.05, 0.1) is 18.9 Å². The first-order valence-corrected chi connectivity index (χ1v) is 14.3. The van der Waals surface area contributed by atoms with Crippen molar-refractivity contribution in [3.63, 3.8) is 0 Å². The zero-order valence-electron chi connectivity index (χ0n) is 23.3. The predicted molar refractivity (Wildman–Crippen MR) is 152 cm³/mol. The monoisotopic (exact) mass is 507 g/mol. The van der Waals surface area contributed by atoms with E-state index in [1.165, 1.54) is 63.5 Å². The quantitative estimate of drug-likeness (QED) is 0.169. The third-order valence-electron chi connectivity index (χ3n) is 6.56. The van der Waals surface area contributed by atoms with Gasteiger partial charge in [-0.05, 0) is 63.5 Å². The van der Waals surface area contributed by atoms with Gasteiger partial charge in [-0.3, -0.25) is 0 Å². The molecule has 0 radical (unpaired) electrons. The summed E-state index contributed by atoms with van der Waals surface area (Å²) in [5.41, 5.74) is 5.53. The van der Waals surface area contributed by atoms with Gasteiger partial charge in [0, 0.05) is 17.1 Å². The topological polar surface area (TPSA) is 79.5 Å². The molecule has 0 atom stereocenters. The van der Waals surface area contributed by atoms with Gasteiger partial charge in [-0.2, -0.15) is 0 Å². The summed E-state index contributed by atoms with van der Waals surface area (Å²) in [5.74, 6) is 0.0678. The van der Waals surface area contributed by atoms with Gasteiger partial charge in [-0.15, -0.1) is 0 Å². The van der Waals surface area contributed by atoms with Crippen molar-refractivity contribution < 1.29 is 14.3 Å². The summed E-state index contributed by atoms with van der Waals surface area (Å²) in [7, 11) is 0. The average molecular weight is 508 g/mol. The van der Waals surface area contributed by atoms with Crippen molar-refractivity contribution in [1.82, 2.24) is 9.97 Å². The van der Waals surface area contributed by atoms with Crippen LogP contribution in [0.1, 0.15) is 108 Å². The van der Waals surface area contributed by atoms with Crippen LogP contribution < -0.4 is 0 Å². The molecule has 0 unspecified atom stereocenters. The van der Waals surface area contributed by atoms with Gasteiger partial charge in [0.25, 0.3) is 0 Å². The van der Waals surface area contributed by atoms with Gasteiger partial charge in [-0.25, -0.2) is 9.79 Å². The smallest absolute Gasteiger partial charge is 0.344 e. The van der Waals surface area contributed by atoms with Crippen molar-refractivity contribution in [3.05, 3.63) is 64.1 Å². The Morgan fingerprint density at radius 3 is 2.27 bits per heavy atom. The number of aromatic amines is 2. The number of hydrogen-bond donors (Lipinski definition) is 2. The van der Waals surface area contributed by atoms with E-state index in [-0.39, 0.29) is 6.61 Å². The van der Waals surface area contributed by atoms with E-state index in [1.54, 1.807) is 6.92 Å². The first-order valence-electron chi connectivity index (χ1n) is 14.3. The van der Waals surface area contributed by atoms with Gasteiger partial charge < -0.3 is 19.4 Å². The lowest BCUT2D eigenvalue weighted by Gasteiger charge is -2.10. The zero-order valence-corrected chi connectivity index (χ0v) is 23.3. The second-order valence-corrected chi connectivity index (χ2v) is 9.84. The minimum absolute atomic E-state index is 0.290. The fraction of sp³-hybridized carbons (Fsp3) is 0.548. The minimum Gasteiger partial charge on any atom is -0.490 e. The molecule has 0 saturated heterocycles. The van der Waals surface area contributed by atoms with Crippen LogP contribution in [0.3, 0.4) is 0 Å². The Morgan fingerprint density at radius 1 is 0.892 bits per heavy atom. The van der Waals surface area contributed by atoms with E-state index in [2.05, 4.69) is 29.0 Å². The van der Waals surface area contributed by atoms with Crippen LogP contribution in [0.2, 0.25) is 0 Å². The number of aromatic nitrogens is 2. The summed E-state index contributed by atoms with van der Waals surface area (Å²) in [4.78, 5) is 24.6. The highest BCUT2D eigenvalue weighted by Crippen LogP contribution is 2.32. The van der Waals surface area contributed by atoms with Crippen molar-refractivity contribution in [3.8, 4) is 0 Å². The molecule has 0 spiro atoms. The van der Waals surface area contributed by atoms with Crippen LogP contribution in [0.25, 0.3) is 6.08 Å². The molecule has 2 aromatic heterocycles. The van der Waals surface area contributed by atoms with Gasteiger partial charge in [0.1, 0.15) is 17.0 Å². The highest BCUT2D eigenvalue weighted by Gasteiger charge is 2.33. The molecule has 0 aliphatic carbocycles. The van der Waals surface area contributed by atoms with Crippen molar-refractivity contribution in [2.24, 2.45) is 4.99 Å². The largest absolute Gasteiger partial charge is 0.490 e. The van der Waals surface area contributed by atoms with Crippen molar-refractivity contribution >= 4 is 17.8 Å². The molecule has 0 fully saturated rings. The molecule has 0 bridgehead atoms. The SMILES string of the molecule is CCCCCCCCCCCc1ccc(C=C2N=C(c3ccc(C)[nH]3)C(C(=O)OCC)=C2OCCC)[nH]1. The summed E-state index contributed by atoms with van der Waals surface area (Å²) < 4.78 is 11.5. The molecule has 37 heavy (non-hydrogen) atoms. The molecule has 6 nitrogen and oxygen atoms in total. The molecule has 0 saturated carbocycles. The van der Waals surface area contributed by atoms with Crippen LogP contribution in [0.5, 0.6) is 0 Å². The van der Waals surface area contributed by atoms with E-state index in [9.17, 15) is 4.79 Å². The Morgan fingerprint density at radius 2 is 1.62 bits per heavy atom. The Labute approximate surface area is 222 Å². The second-order valence-electron chi connectivity index (χ2n) is 9.84. The molecule has 1 aliphatic heterocycles. The molecule has 0 amide bonds. The third kappa shape index (κ3) is 8.51. The molecule has 3 heterocycles. The maximum absolute atomic E-state index is 13.0. The number of rotatable bonds is 17. The number of ether oxygens (including phenoxy) is 2. The van der Waals surface area contributed by atoms with Crippen LogP contribution in [0.4, 0.5) is 0 Å². The Balaban J connectivity index is 1.70. The second kappa shape index (κ2) is 15.3. The molecule has 0 aromatic carbocycles. The van der Waals surface area contributed by atoms with Crippen LogP contribution in [0, 0.1) is 6.92 Å². The lowest BCUT2D eigenvalue weighted by molar-refractivity contribution is -0.138. The fourth-order valence-corrected chi connectivity index (χ4v) is 4.60. The van der Waals surface area contributed by atoms with E-state index >= 15 is 0 Å². The zero-order chi connectivity index (χ0) is 26.5. The van der Waals surface area contributed by atoms with Crippen LogP contribution in [0.15, 0.2) is 46.3 Å². The van der Waals surface area contributed by atoms with Crippen LogP contribution in [-0.4, -0.2) is 34.9 Å². The van der Waals surface area contributed by atoms with E-state index in [0.29, 0.717) is 29.3 Å². The minimum atomic E-state index is -0.416. The van der Waals surface area contributed by atoms with Crippen molar-refractivity contribution in [1.29, 1.82) is 0 Å². The molecule has 3 rings (SSSR count). The highest BCUT2D eigenvalue weighted by molar-refractivity contribution is 6.29. The lowest BCUT2D eigenvalue weighted by atomic mass is 10.1. The Hall–Kier alpha value is -3.02. The first-order chi connectivity index (χ1) is 18.1. The first kappa shape index (κ1) is 28.5. The number of hydrogen-bond acceptors (Lipinski definition) is 4. The van der Waals surface area contributed by atoms with Gasteiger partial charge in [0.15, 0.2) is 5.76 Å². The maximum Gasteiger partial charge on any atom is 0.344 e. The summed E-state index contributed by atoms with van der Waals surface area (Å²) in [5, 5.41) is 0. The number of esters is 1. The predicted octanol–water partition coefficient (Wildman–Crippen LogP) is 7.81.